The number of benzene rings is 2. The normalized spacial score (nSPS) is 10.1. The molecule has 0 atom stereocenters. The van der Waals surface area contributed by atoms with Gasteiger partial charge in [0.05, 0.1) is 7.11 Å². The molecule has 94 valence electrons. The summed E-state index contributed by atoms with van der Waals surface area (Å²) in [6.45, 7) is 0.154. The summed E-state index contributed by atoms with van der Waals surface area (Å²) in [7, 11) is 1.65. The maximum absolute atomic E-state index is 9.03. The summed E-state index contributed by atoms with van der Waals surface area (Å²) in [5, 5.41) is 12.4. The number of aliphatic hydroxyl groups is 1. The molecular formula is C15H17NO2. The smallest absolute Gasteiger partial charge is 0.119 e. The Labute approximate surface area is 107 Å². The minimum Gasteiger partial charge on any atom is -0.497 e. The first-order valence-electron chi connectivity index (χ1n) is 5.93. The predicted octanol–water partition coefficient (Wildman–Crippen LogP) is 2.97. The van der Waals surface area contributed by atoms with Gasteiger partial charge in [0.15, 0.2) is 0 Å². The highest BCUT2D eigenvalue weighted by Crippen LogP contribution is 2.23. The third kappa shape index (κ3) is 3.02. The van der Waals surface area contributed by atoms with Gasteiger partial charge >= 0.3 is 0 Å². The molecule has 0 spiro atoms. The van der Waals surface area contributed by atoms with Crippen LogP contribution in [-0.4, -0.2) is 18.8 Å². The fourth-order valence-corrected chi connectivity index (χ4v) is 1.81. The van der Waals surface area contributed by atoms with E-state index in [4.69, 9.17) is 9.84 Å². The molecule has 0 amide bonds. The molecule has 0 radical (unpaired) electrons. The highest BCUT2D eigenvalue weighted by molar-refractivity contribution is 5.63. The molecule has 0 unspecified atom stereocenters. The van der Waals surface area contributed by atoms with Crippen LogP contribution in [-0.2, 0) is 6.42 Å². The van der Waals surface area contributed by atoms with E-state index in [-0.39, 0.29) is 6.61 Å². The minimum absolute atomic E-state index is 0.154. The molecule has 0 aliphatic heterocycles. The van der Waals surface area contributed by atoms with Crippen molar-refractivity contribution in [3.05, 3.63) is 54.1 Å². The second-order valence-corrected chi connectivity index (χ2v) is 3.98. The van der Waals surface area contributed by atoms with E-state index in [1.54, 1.807) is 7.11 Å². The molecule has 3 heteroatoms. The zero-order chi connectivity index (χ0) is 12.8. The molecule has 0 aromatic heterocycles. The SMILES string of the molecule is COc1ccc(Nc2ccccc2CCO)cc1. The van der Waals surface area contributed by atoms with Crippen LogP contribution in [0.25, 0.3) is 0 Å². The molecule has 0 aliphatic carbocycles. The van der Waals surface area contributed by atoms with Crippen LogP contribution in [0.1, 0.15) is 5.56 Å². The first-order chi connectivity index (χ1) is 8.83. The van der Waals surface area contributed by atoms with Crippen molar-refractivity contribution in [1.82, 2.24) is 0 Å². The highest BCUT2D eigenvalue weighted by atomic mass is 16.5. The summed E-state index contributed by atoms with van der Waals surface area (Å²) in [5.74, 6) is 0.837. The van der Waals surface area contributed by atoms with Gasteiger partial charge in [-0.3, -0.25) is 0 Å². The van der Waals surface area contributed by atoms with Crippen molar-refractivity contribution in [2.24, 2.45) is 0 Å². The lowest BCUT2D eigenvalue weighted by Crippen LogP contribution is -1.98. The molecule has 0 saturated heterocycles. The lowest BCUT2D eigenvalue weighted by molar-refractivity contribution is 0.300. The fraction of sp³-hybridized carbons (Fsp3) is 0.200. The van der Waals surface area contributed by atoms with Crippen LogP contribution in [0, 0.1) is 0 Å². The van der Waals surface area contributed by atoms with Gasteiger partial charge in [-0.25, -0.2) is 0 Å². The Hall–Kier alpha value is -2.00. The van der Waals surface area contributed by atoms with E-state index < -0.39 is 0 Å². The van der Waals surface area contributed by atoms with Crippen molar-refractivity contribution in [2.45, 2.75) is 6.42 Å². The zero-order valence-electron chi connectivity index (χ0n) is 10.4. The van der Waals surface area contributed by atoms with E-state index >= 15 is 0 Å². The number of nitrogens with one attached hydrogen (secondary N) is 1. The fourth-order valence-electron chi connectivity index (χ4n) is 1.81. The van der Waals surface area contributed by atoms with Gasteiger partial charge in [0.1, 0.15) is 5.75 Å². The number of hydrogen-bond acceptors (Lipinski definition) is 3. The van der Waals surface area contributed by atoms with Gasteiger partial charge in [-0.2, -0.15) is 0 Å². The Balaban J connectivity index is 2.17. The molecule has 0 saturated carbocycles. The highest BCUT2D eigenvalue weighted by Gasteiger charge is 2.01. The quantitative estimate of drug-likeness (QED) is 0.848. The van der Waals surface area contributed by atoms with Gasteiger partial charge < -0.3 is 15.2 Å². The number of hydrogen-bond donors (Lipinski definition) is 2. The maximum Gasteiger partial charge on any atom is 0.119 e. The summed E-state index contributed by atoms with van der Waals surface area (Å²) in [6, 6.07) is 15.7. The molecule has 0 fully saturated rings. The summed E-state index contributed by atoms with van der Waals surface area (Å²) < 4.78 is 5.12. The van der Waals surface area contributed by atoms with Gasteiger partial charge in [-0.05, 0) is 42.3 Å². The number of rotatable bonds is 5. The Morgan fingerprint density at radius 2 is 1.78 bits per heavy atom. The van der Waals surface area contributed by atoms with Crippen LogP contribution in [0.3, 0.4) is 0 Å². The van der Waals surface area contributed by atoms with Crippen LogP contribution in [0.15, 0.2) is 48.5 Å². The average Bonchev–Trinajstić information content (AvgIpc) is 2.42. The van der Waals surface area contributed by atoms with Crippen LogP contribution in [0.5, 0.6) is 5.75 Å². The molecule has 2 rings (SSSR count). The predicted molar refractivity (Wildman–Crippen MR) is 73.5 cm³/mol. The number of methoxy groups -OCH3 is 1. The number of aliphatic hydroxyl groups excluding tert-OH is 1. The van der Waals surface area contributed by atoms with Crippen molar-refractivity contribution in [2.75, 3.05) is 19.0 Å². The summed E-state index contributed by atoms with van der Waals surface area (Å²) >= 11 is 0. The first kappa shape index (κ1) is 12.5. The third-order valence-electron chi connectivity index (χ3n) is 2.77. The Morgan fingerprint density at radius 3 is 2.44 bits per heavy atom. The second-order valence-electron chi connectivity index (χ2n) is 3.98. The van der Waals surface area contributed by atoms with Crippen LogP contribution < -0.4 is 10.1 Å². The van der Waals surface area contributed by atoms with Crippen molar-refractivity contribution >= 4 is 11.4 Å². The summed E-state index contributed by atoms with van der Waals surface area (Å²) in [4.78, 5) is 0. The molecule has 3 nitrogen and oxygen atoms in total. The summed E-state index contributed by atoms with van der Waals surface area (Å²) in [5.41, 5.74) is 3.13. The van der Waals surface area contributed by atoms with Crippen LogP contribution >= 0.6 is 0 Å². The molecular weight excluding hydrogens is 226 g/mol. The molecule has 0 aliphatic rings. The van der Waals surface area contributed by atoms with Gasteiger partial charge in [0, 0.05) is 18.0 Å². The van der Waals surface area contributed by atoms with E-state index in [2.05, 4.69) is 5.32 Å². The molecule has 0 bridgehead atoms. The average molecular weight is 243 g/mol. The lowest BCUT2D eigenvalue weighted by Gasteiger charge is -2.11. The monoisotopic (exact) mass is 243 g/mol. The molecule has 2 N–H and O–H groups in total. The zero-order valence-corrected chi connectivity index (χ0v) is 10.4. The number of anilines is 2. The molecule has 18 heavy (non-hydrogen) atoms. The molecule has 0 heterocycles. The van der Waals surface area contributed by atoms with Crippen molar-refractivity contribution < 1.29 is 9.84 Å². The first-order valence-corrected chi connectivity index (χ1v) is 5.93. The van der Waals surface area contributed by atoms with Gasteiger partial charge in [-0.1, -0.05) is 18.2 Å². The third-order valence-corrected chi connectivity index (χ3v) is 2.77. The van der Waals surface area contributed by atoms with Gasteiger partial charge in [0.25, 0.3) is 0 Å². The van der Waals surface area contributed by atoms with E-state index in [0.717, 1.165) is 22.7 Å². The largest absolute Gasteiger partial charge is 0.497 e. The standard InChI is InChI=1S/C15H17NO2/c1-18-14-8-6-13(7-9-14)16-15-5-3-2-4-12(15)10-11-17/h2-9,16-17H,10-11H2,1H3. The summed E-state index contributed by atoms with van der Waals surface area (Å²) in [6.07, 6.45) is 0.652. The molecule has 2 aromatic rings. The van der Waals surface area contributed by atoms with Crippen LogP contribution in [0.2, 0.25) is 0 Å². The van der Waals surface area contributed by atoms with E-state index in [1.807, 2.05) is 48.5 Å². The number of ether oxygens (including phenoxy) is 1. The maximum atomic E-state index is 9.03. The van der Waals surface area contributed by atoms with Crippen molar-refractivity contribution in [3.63, 3.8) is 0 Å². The van der Waals surface area contributed by atoms with Crippen LogP contribution in [0.4, 0.5) is 11.4 Å². The van der Waals surface area contributed by atoms with E-state index in [0.29, 0.717) is 6.42 Å². The number of para-hydroxylation sites is 1. The van der Waals surface area contributed by atoms with Gasteiger partial charge in [0.2, 0.25) is 0 Å². The second kappa shape index (κ2) is 6.07. The van der Waals surface area contributed by atoms with E-state index in [9.17, 15) is 0 Å². The van der Waals surface area contributed by atoms with E-state index in [1.165, 1.54) is 0 Å². The lowest BCUT2D eigenvalue weighted by atomic mass is 10.1. The molecule has 2 aromatic carbocycles. The van der Waals surface area contributed by atoms with Crippen molar-refractivity contribution in [1.29, 1.82) is 0 Å². The van der Waals surface area contributed by atoms with Crippen molar-refractivity contribution in [3.8, 4) is 5.75 Å². The van der Waals surface area contributed by atoms with Gasteiger partial charge in [-0.15, -0.1) is 0 Å². The minimum atomic E-state index is 0.154. The Kier molecular flexibility index (Phi) is 4.20. The topological polar surface area (TPSA) is 41.5 Å². The Morgan fingerprint density at radius 1 is 1.06 bits per heavy atom. The Bertz CT molecular complexity index is 494.